The van der Waals surface area contributed by atoms with Gasteiger partial charge in [0.2, 0.25) is 35.4 Å². The van der Waals surface area contributed by atoms with E-state index < -0.39 is 84.7 Å². The fourth-order valence-corrected chi connectivity index (χ4v) is 6.14. The smallest absolute Gasteiger partial charge is 0.326 e. The summed E-state index contributed by atoms with van der Waals surface area (Å²) in [5.74, 6) is -5.14. The molecular formula is C39H59N11O9S. The number of aromatic hydroxyl groups is 1. The molecule has 0 fully saturated rings. The Labute approximate surface area is 353 Å². The number of carbonyl (C=O) groups excluding carboxylic acids is 6. The number of nitrogens with zero attached hydrogens (tertiary/aromatic N) is 1. The molecule has 0 unspecified atom stereocenters. The van der Waals surface area contributed by atoms with Crippen LogP contribution in [0.2, 0.25) is 0 Å². The monoisotopic (exact) mass is 857 g/mol. The fraction of sp³-hybridized carbons (Fsp3) is 0.487. The van der Waals surface area contributed by atoms with E-state index in [1.54, 1.807) is 42.5 Å². The Morgan fingerprint density at radius 3 is 1.83 bits per heavy atom. The number of nitrogens with one attached hydrogen (secondary N) is 6. The van der Waals surface area contributed by atoms with E-state index in [0.29, 0.717) is 36.3 Å². The number of carboxylic acids is 1. The van der Waals surface area contributed by atoms with E-state index in [1.165, 1.54) is 23.9 Å². The van der Waals surface area contributed by atoms with Gasteiger partial charge in [-0.3, -0.25) is 33.8 Å². The second-order valence-electron chi connectivity index (χ2n) is 13.8. The van der Waals surface area contributed by atoms with Crippen LogP contribution in [0, 0.1) is 0 Å². The number of rotatable bonds is 28. The molecule has 0 bridgehead atoms. The number of benzene rings is 2. The number of nitrogens with two attached hydrogens (primary N) is 4. The number of unbranched alkanes of at least 4 members (excludes halogenated alkanes) is 1. The van der Waals surface area contributed by atoms with Crippen LogP contribution in [0.1, 0.15) is 49.7 Å². The Bertz CT molecular complexity index is 1730. The molecule has 2 aromatic carbocycles. The number of aliphatic carboxylic acids is 1. The zero-order chi connectivity index (χ0) is 44.5. The highest BCUT2D eigenvalue weighted by Crippen LogP contribution is 2.12. The van der Waals surface area contributed by atoms with E-state index in [4.69, 9.17) is 22.9 Å². The number of guanidine groups is 1. The first-order chi connectivity index (χ1) is 28.6. The first-order valence-corrected chi connectivity index (χ1v) is 20.8. The van der Waals surface area contributed by atoms with E-state index in [2.05, 4.69) is 36.9 Å². The molecule has 60 heavy (non-hydrogen) atoms. The third-order valence-electron chi connectivity index (χ3n) is 8.92. The molecule has 21 heteroatoms. The van der Waals surface area contributed by atoms with Gasteiger partial charge in [0.1, 0.15) is 29.9 Å². The maximum atomic E-state index is 13.9. The minimum atomic E-state index is -1.29. The Kier molecular flexibility index (Phi) is 23.2. The van der Waals surface area contributed by atoms with Gasteiger partial charge in [0.15, 0.2) is 5.96 Å². The first kappa shape index (κ1) is 50.2. The third-order valence-corrected chi connectivity index (χ3v) is 9.56. The minimum Gasteiger partial charge on any atom is -0.508 e. The summed E-state index contributed by atoms with van der Waals surface area (Å²) in [6.07, 6.45) is 3.49. The van der Waals surface area contributed by atoms with Gasteiger partial charge < -0.3 is 65.0 Å². The summed E-state index contributed by atoms with van der Waals surface area (Å²) in [6.45, 7) is -0.551. The van der Waals surface area contributed by atoms with Gasteiger partial charge in [-0.1, -0.05) is 42.5 Å². The fourth-order valence-electron chi connectivity index (χ4n) is 5.67. The molecule has 0 radical (unpaired) electrons. The van der Waals surface area contributed by atoms with Crippen LogP contribution < -0.4 is 54.8 Å². The molecule has 0 saturated heterocycles. The van der Waals surface area contributed by atoms with Crippen molar-refractivity contribution in [2.45, 2.75) is 81.6 Å². The predicted octanol–water partition coefficient (Wildman–Crippen LogP) is -2.30. The molecule has 0 aliphatic heterocycles. The molecule has 0 aromatic heterocycles. The lowest BCUT2D eigenvalue weighted by atomic mass is 10.0. The van der Waals surface area contributed by atoms with Gasteiger partial charge in [-0.2, -0.15) is 11.8 Å². The standard InChI is InChI=1S/C39H59N11O9S/c1-60-19-16-29(36(56)48-28(10-5-6-17-40)35(55)50-30(38(58)59)11-7-18-44-39(42)43)49-37(57)31(21-24-8-3-2-4-9-24)47-33(53)23-45-32(52)22-46-34(54)27(41)20-25-12-14-26(51)15-13-25/h2-4,8-9,12-15,27-31,51H,5-7,10-11,16-23,40-41H2,1H3,(H,45,52)(H,46,54)(H,47,53)(H,48,56)(H,49,57)(H,50,55)(H,58,59)(H4,42,43,44)/t27-,28-,29-,30-,31-/m0/s1. The molecule has 0 heterocycles. The van der Waals surface area contributed by atoms with E-state index in [9.17, 15) is 43.8 Å². The molecule has 2 rings (SSSR count). The van der Waals surface area contributed by atoms with Crippen molar-refractivity contribution in [3.63, 3.8) is 0 Å². The van der Waals surface area contributed by atoms with Crippen LogP contribution in [-0.2, 0) is 46.4 Å². The van der Waals surface area contributed by atoms with E-state index in [0.717, 1.165) is 0 Å². The lowest BCUT2D eigenvalue weighted by Crippen LogP contribution is -2.58. The highest BCUT2D eigenvalue weighted by Gasteiger charge is 2.31. The van der Waals surface area contributed by atoms with Crippen molar-refractivity contribution >= 4 is 59.1 Å². The van der Waals surface area contributed by atoms with Gasteiger partial charge in [-0.05, 0) is 86.8 Å². The van der Waals surface area contributed by atoms with Gasteiger partial charge in [-0.15, -0.1) is 0 Å². The SMILES string of the molecule is CSCC[C@H](NC(=O)[C@H](Cc1ccccc1)NC(=O)CNC(=O)CNC(=O)[C@@H](N)Cc1ccc(O)cc1)C(=O)N[C@@H](CCCCN)C(=O)N[C@@H](CCCN=C(N)N)C(=O)O. The van der Waals surface area contributed by atoms with Crippen molar-refractivity contribution in [3.05, 3.63) is 65.7 Å². The van der Waals surface area contributed by atoms with Crippen molar-refractivity contribution < 1.29 is 43.8 Å². The maximum absolute atomic E-state index is 13.9. The van der Waals surface area contributed by atoms with Gasteiger partial charge in [0.25, 0.3) is 0 Å². The molecule has 0 saturated carbocycles. The average Bonchev–Trinajstić information content (AvgIpc) is 3.21. The van der Waals surface area contributed by atoms with E-state index in [-0.39, 0.29) is 56.8 Å². The first-order valence-electron chi connectivity index (χ1n) is 19.4. The second-order valence-corrected chi connectivity index (χ2v) is 14.8. The predicted molar refractivity (Wildman–Crippen MR) is 227 cm³/mol. The Hall–Kier alpha value is -5.93. The van der Waals surface area contributed by atoms with Gasteiger partial charge in [0.05, 0.1) is 19.1 Å². The minimum absolute atomic E-state index is 0.0141. The second kappa shape index (κ2) is 27.7. The molecule has 6 amide bonds. The van der Waals surface area contributed by atoms with Crippen molar-refractivity contribution in [2.75, 3.05) is 38.2 Å². The van der Waals surface area contributed by atoms with Crippen molar-refractivity contribution in [1.29, 1.82) is 0 Å². The highest BCUT2D eigenvalue weighted by molar-refractivity contribution is 7.98. The largest absolute Gasteiger partial charge is 0.508 e. The average molecular weight is 858 g/mol. The Morgan fingerprint density at radius 2 is 1.23 bits per heavy atom. The van der Waals surface area contributed by atoms with E-state index >= 15 is 0 Å². The summed E-state index contributed by atoms with van der Waals surface area (Å²) in [5, 5.41) is 34.5. The van der Waals surface area contributed by atoms with Crippen LogP contribution in [0.4, 0.5) is 0 Å². The summed E-state index contributed by atoms with van der Waals surface area (Å²) >= 11 is 1.41. The summed E-state index contributed by atoms with van der Waals surface area (Å²) < 4.78 is 0. The quantitative estimate of drug-likeness (QED) is 0.0243. The summed E-state index contributed by atoms with van der Waals surface area (Å²) in [5.41, 5.74) is 23.6. The summed E-state index contributed by atoms with van der Waals surface area (Å²) in [4.78, 5) is 94.9. The van der Waals surface area contributed by atoms with Crippen molar-refractivity contribution in [1.82, 2.24) is 31.9 Å². The number of phenolic OH excluding ortho intramolecular Hbond substituents is 1. The van der Waals surface area contributed by atoms with Gasteiger partial charge in [-0.25, -0.2) is 4.79 Å². The molecule has 20 nitrogen and oxygen atoms in total. The topological polar surface area (TPSA) is 349 Å². The number of carbonyl (C=O) groups is 7. The molecular weight excluding hydrogens is 799 g/mol. The maximum Gasteiger partial charge on any atom is 0.326 e. The molecule has 2 aromatic rings. The van der Waals surface area contributed by atoms with Crippen LogP contribution in [0.5, 0.6) is 5.75 Å². The van der Waals surface area contributed by atoms with E-state index in [1.807, 2.05) is 6.26 Å². The molecule has 5 atom stereocenters. The third kappa shape index (κ3) is 20.2. The van der Waals surface area contributed by atoms with Crippen LogP contribution in [-0.4, -0.2) is 126 Å². The number of carboxylic acid groups (broad SMARTS) is 1. The van der Waals surface area contributed by atoms with Crippen molar-refractivity contribution in [3.8, 4) is 5.75 Å². The van der Waals surface area contributed by atoms with Crippen LogP contribution in [0.25, 0.3) is 0 Å². The lowest BCUT2D eigenvalue weighted by molar-refractivity contribution is -0.142. The Morgan fingerprint density at radius 1 is 0.667 bits per heavy atom. The number of aliphatic imine (C=N–C) groups is 1. The van der Waals surface area contributed by atoms with Crippen LogP contribution >= 0.6 is 11.8 Å². The summed E-state index contributed by atoms with van der Waals surface area (Å²) in [7, 11) is 0. The highest BCUT2D eigenvalue weighted by atomic mass is 32.2. The van der Waals surface area contributed by atoms with Crippen molar-refractivity contribution in [2.24, 2.45) is 27.9 Å². The molecule has 16 N–H and O–H groups in total. The normalized spacial score (nSPS) is 13.2. The number of hydrogen-bond acceptors (Lipinski definition) is 12. The van der Waals surface area contributed by atoms with Gasteiger partial charge in [0, 0.05) is 13.0 Å². The molecule has 330 valence electrons. The number of phenols is 1. The molecule has 0 spiro atoms. The molecule has 0 aliphatic rings. The number of hydrogen-bond donors (Lipinski definition) is 12. The Balaban J connectivity index is 2.12. The zero-order valence-electron chi connectivity index (χ0n) is 33.7. The van der Waals surface area contributed by atoms with Crippen LogP contribution in [0.3, 0.4) is 0 Å². The number of amides is 6. The van der Waals surface area contributed by atoms with Crippen LogP contribution in [0.15, 0.2) is 59.6 Å². The number of thioether (sulfide) groups is 1. The molecule has 0 aliphatic carbocycles. The van der Waals surface area contributed by atoms with Gasteiger partial charge >= 0.3 is 5.97 Å². The summed E-state index contributed by atoms with van der Waals surface area (Å²) in [6, 6.07) is 9.11. The zero-order valence-corrected chi connectivity index (χ0v) is 34.5. The lowest BCUT2D eigenvalue weighted by Gasteiger charge is -2.26.